The monoisotopic (exact) mass is 376 g/mol. The van der Waals surface area contributed by atoms with E-state index in [4.69, 9.17) is 6.42 Å². The molecule has 0 aliphatic carbocycles. The highest BCUT2D eigenvalue weighted by atomic mass is 79.9. The van der Waals surface area contributed by atoms with Crippen molar-refractivity contribution in [3.8, 4) is 12.3 Å². The lowest BCUT2D eigenvalue weighted by Crippen LogP contribution is -2.48. The maximum atomic E-state index is 11.9. The molecule has 0 aliphatic heterocycles. The van der Waals surface area contributed by atoms with Crippen LogP contribution in [0.15, 0.2) is 15.5 Å². The first-order valence-electron chi connectivity index (χ1n) is 5.97. The van der Waals surface area contributed by atoms with Gasteiger partial charge in [-0.2, -0.15) is 5.10 Å². The second kappa shape index (κ2) is 6.60. The lowest BCUT2D eigenvalue weighted by molar-refractivity contribution is 0.476. The van der Waals surface area contributed by atoms with Gasteiger partial charge >= 0.3 is 0 Å². The molecule has 0 bridgehead atoms. The molecule has 21 heavy (non-hydrogen) atoms. The van der Waals surface area contributed by atoms with Gasteiger partial charge in [0.25, 0.3) is 5.56 Å². The zero-order valence-electron chi connectivity index (χ0n) is 12.0. The van der Waals surface area contributed by atoms with E-state index in [1.807, 2.05) is 0 Å². The van der Waals surface area contributed by atoms with E-state index in [9.17, 15) is 13.2 Å². The summed E-state index contributed by atoms with van der Waals surface area (Å²) in [6.07, 6.45) is 7.69. The van der Waals surface area contributed by atoms with Gasteiger partial charge in [0.15, 0.2) is 0 Å². The van der Waals surface area contributed by atoms with Gasteiger partial charge in [-0.25, -0.2) is 17.8 Å². The number of anilines is 1. The maximum Gasteiger partial charge on any atom is 0.284 e. The smallest absolute Gasteiger partial charge is 0.284 e. The second-order valence-corrected chi connectivity index (χ2v) is 7.69. The van der Waals surface area contributed by atoms with Crippen LogP contribution in [0.25, 0.3) is 0 Å². The molecule has 9 heteroatoms. The SMILES string of the molecule is C#CCn1ncc(NCC(C)(C)NS(C)(=O)=O)c(Br)c1=O. The van der Waals surface area contributed by atoms with Gasteiger partial charge < -0.3 is 5.32 Å². The van der Waals surface area contributed by atoms with Crippen molar-refractivity contribution in [1.29, 1.82) is 0 Å². The number of hydrogen-bond acceptors (Lipinski definition) is 5. The average Bonchev–Trinajstić information content (AvgIpc) is 2.31. The van der Waals surface area contributed by atoms with E-state index in [0.717, 1.165) is 10.9 Å². The van der Waals surface area contributed by atoms with Gasteiger partial charge in [-0.1, -0.05) is 5.92 Å². The van der Waals surface area contributed by atoms with E-state index in [2.05, 4.69) is 37.0 Å². The summed E-state index contributed by atoms with van der Waals surface area (Å²) in [6.45, 7) is 3.81. The van der Waals surface area contributed by atoms with E-state index in [1.54, 1.807) is 13.8 Å². The summed E-state index contributed by atoms with van der Waals surface area (Å²) in [7, 11) is -3.32. The van der Waals surface area contributed by atoms with E-state index in [-0.39, 0.29) is 18.6 Å². The van der Waals surface area contributed by atoms with E-state index in [0.29, 0.717) is 10.2 Å². The standard InChI is InChI=1S/C12H17BrN4O3S/c1-5-6-17-11(18)10(13)9(7-15-17)14-8-12(2,3)16-21(4,19)20/h1,7,14,16H,6,8H2,2-4H3. The van der Waals surface area contributed by atoms with Crippen molar-refractivity contribution in [2.45, 2.75) is 25.9 Å². The predicted molar refractivity (Wildman–Crippen MR) is 85.6 cm³/mol. The van der Waals surface area contributed by atoms with Crippen LogP contribution in [-0.4, -0.2) is 36.5 Å². The third-order valence-electron chi connectivity index (χ3n) is 2.41. The minimum atomic E-state index is -3.32. The maximum absolute atomic E-state index is 11.9. The molecule has 0 fully saturated rings. The summed E-state index contributed by atoms with van der Waals surface area (Å²) >= 11 is 3.19. The van der Waals surface area contributed by atoms with Crippen LogP contribution >= 0.6 is 15.9 Å². The molecule has 0 aliphatic rings. The van der Waals surface area contributed by atoms with Crippen LogP contribution in [0.1, 0.15) is 13.8 Å². The van der Waals surface area contributed by atoms with Gasteiger partial charge in [-0.05, 0) is 29.8 Å². The highest BCUT2D eigenvalue weighted by Gasteiger charge is 2.22. The van der Waals surface area contributed by atoms with Crippen LogP contribution in [-0.2, 0) is 16.6 Å². The normalized spacial score (nSPS) is 12.0. The topological polar surface area (TPSA) is 93.1 Å². The Hall–Kier alpha value is -1.37. The molecule has 1 aromatic heterocycles. The summed E-state index contributed by atoms with van der Waals surface area (Å²) < 4.78 is 26.5. The van der Waals surface area contributed by atoms with Gasteiger partial charge in [-0.3, -0.25) is 4.79 Å². The number of halogens is 1. The molecular weight excluding hydrogens is 360 g/mol. The lowest BCUT2D eigenvalue weighted by atomic mass is 10.1. The Kier molecular flexibility index (Phi) is 5.55. The van der Waals surface area contributed by atoms with Crippen molar-refractivity contribution >= 4 is 31.6 Å². The third-order valence-corrected chi connectivity index (χ3v) is 4.10. The van der Waals surface area contributed by atoms with Crippen molar-refractivity contribution in [1.82, 2.24) is 14.5 Å². The number of rotatable bonds is 6. The predicted octanol–water partition coefficient (Wildman–Crippen LogP) is 0.379. The first-order chi connectivity index (χ1) is 9.56. The lowest BCUT2D eigenvalue weighted by Gasteiger charge is -2.26. The summed E-state index contributed by atoms with van der Waals surface area (Å²) in [6, 6.07) is 0. The molecular formula is C12H17BrN4O3S. The zero-order chi connectivity index (χ0) is 16.3. The summed E-state index contributed by atoms with van der Waals surface area (Å²) in [5.41, 5.74) is -0.607. The van der Waals surface area contributed by atoms with Crippen molar-refractivity contribution < 1.29 is 8.42 Å². The van der Waals surface area contributed by atoms with E-state index < -0.39 is 15.6 Å². The van der Waals surface area contributed by atoms with Crippen molar-refractivity contribution in [2.24, 2.45) is 0 Å². The molecule has 2 N–H and O–H groups in total. The molecule has 0 amide bonds. The molecule has 1 aromatic rings. The Morgan fingerprint density at radius 1 is 1.52 bits per heavy atom. The van der Waals surface area contributed by atoms with Crippen LogP contribution in [0, 0.1) is 12.3 Å². The highest BCUT2D eigenvalue weighted by molar-refractivity contribution is 9.10. The van der Waals surface area contributed by atoms with Crippen LogP contribution in [0.5, 0.6) is 0 Å². The Balaban J connectivity index is 2.89. The summed E-state index contributed by atoms with van der Waals surface area (Å²) in [5.74, 6) is 2.34. The minimum Gasteiger partial charge on any atom is -0.381 e. The van der Waals surface area contributed by atoms with Crippen LogP contribution < -0.4 is 15.6 Å². The molecule has 7 nitrogen and oxygen atoms in total. The largest absolute Gasteiger partial charge is 0.381 e. The second-order valence-electron chi connectivity index (χ2n) is 5.15. The Bertz CT molecular complexity index is 719. The number of nitrogens with one attached hydrogen (secondary N) is 2. The van der Waals surface area contributed by atoms with Gasteiger partial charge in [0.2, 0.25) is 10.0 Å². The quantitative estimate of drug-likeness (QED) is 0.700. The molecule has 0 radical (unpaired) electrons. The van der Waals surface area contributed by atoms with Crippen LogP contribution in [0.2, 0.25) is 0 Å². The van der Waals surface area contributed by atoms with E-state index >= 15 is 0 Å². The number of terminal acetylenes is 1. The number of aromatic nitrogens is 2. The van der Waals surface area contributed by atoms with Crippen molar-refractivity contribution in [2.75, 3.05) is 18.1 Å². The summed E-state index contributed by atoms with van der Waals surface area (Å²) in [5, 5.41) is 6.92. The number of hydrogen-bond donors (Lipinski definition) is 2. The summed E-state index contributed by atoms with van der Waals surface area (Å²) in [4.78, 5) is 11.9. The Labute approximate surface area is 132 Å². The molecule has 0 unspecified atom stereocenters. The fourth-order valence-corrected chi connectivity index (χ4v) is 3.16. The fraction of sp³-hybridized carbons (Fsp3) is 0.500. The molecule has 116 valence electrons. The Morgan fingerprint density at radius 3 is 2.67 bits per heavy atom. The van der Waals surface area contributed by atoms with Crippen LogP contribution in [0.4, 0.5) is 5.69 Å². The van der Waals surface area contributed by atoms with Gasteiger partial charge in [-0.15, -0.1) is 6.42 Å². The third kappa shape index (κ3) is 5.49. The molecule has 0 saturated carbocycles. The number of nitrogens with zero attached hydrogens (tertiary/aromatic N) is 2. The van der Waals surface area contributed by atoms with E-state index in [1.165, 1.54) is 6.20 Å². The fourth-order valence-electron chi connectivity index (χ4n) is 1.64. The number of sulfonamides is 1. The highest BCUT2D eigenvalue weighted by Crippen LogP contribution is 2.17. The average molecular weight is 377 g/mol. The molecule has 0 aromatic carbocycles. The minimum absolute atomic E-state index is 0.0822. The van der Waals surface area contributed by atoms with Gasteiger partial charge in [0.05, 0.1) is 18.1 Å². The zero-order valence-corrected chi connectivity index (χ0v) is 14.4. The van der Waals surface area contributed by atoms with Gasteiger partial charge in [0, 0.05) is 12.1 Å². The first-order valence-corrected chi connectivity index (χ1v) is 8.66. The first kappa shape index (κ1) is 17.7. The molecule has 0 saturated heterocycles. The van der Waals surface area contributed by atoms with Crippen LogP contribution in [0.3, 0.4) is 0 Å². The molecule has 0 atom stereocenters. The van der Waals surface area contributed by atoms with Gasteiger partial charge in [0.1, 0.15) is 11.0 Å². The van der Waals surface area contributed by atoms with Crippen molar-refractivity contribution in [3.63, 3.8) is 0 Å². The van der Waals surface area contributed by atoms with Crippen molar-refractivity contribution in [3.05, 3.63) is 21.0 Å². The molecule has 0 spiro atoms. The Morgan fingerprint density at radius 2 is 2.14 bits per heavy atom. The molecule has 1 heterocycles. The molecule has 1 rings (SSSR count).